The van der Waals surface area contributed by atoms with E-state index in [1.54, 1.807) is 12.1 Å². The molecule has 0 amide bonds. The molecule has 0 fully saturated rings. The van der Waals surface area contributed by atoms with Gasteiger partial charge in [0, 0.05) is 18.4 Å². The Morgan fingerprint density at radius 2 is 2.32 bits per heavy atom. The van der Waals surface area contributed by atoms with Crippen LogP contribution in [0.15, 0.2) is 28.8 Å². The Hall–Kier alpha value is -2.08. The second-order valence-electron chi connectivity index (χ2n) is 3.67. The zero-order valence-electron chi connectivity index (χ0n) is 10.1. The third-order valence-electron chi connectivity index (χ3n) is 2.52. The molecule has 7 heteroatoms. The van der Waals surface area contributed by atoms with E-state index in [0.717, 1.165) is 0 Å². The van der Waals surface area contributed by atoms with Crippen molar-refractivity contribution in [1.82, 2.24) is 4.98 Å². The van der Waals surface area contributed by atoms with Gasteiger partial charge in [0.05, 0.1) is 23.8 Å². The van der Waals surface area contributed by atoms with Crippen LogP contribution in [0.4, 0.5) is 5.69 Å². The number of nitrogens with zero attached hydrogens (tertiary/aromatic N) is 2. The Balaban J connectivity index is 2.48. The molecule has 1 aromatic carbocycles. The van der Waals surface area contributed by atoms with E-state index in [2.05, 4.69) is 4.98 Å². The van der Waals surface area contributed by atoms with Crippen molar-refractivity contribution in [2.24, 2.45) is 0 Å². The summed E-state index contributed by atoms with van der Waals surface area (Å²) >= 11 is 5.60. The van der Waals surface area contributed by atoms with Gasteiger partial charge in [0.25, 0.3) is 0 Å². The monoisotopic (exact) mass is 282 g/mol. The van der Waals surface area contributed by atoms with Gasteiger partial charge < -0.3 is 9.15 Å². The molecule has 0 N–H and O–H groups in total. The highest BCUT2D eigenvalue weighted by atomic mass is 35.5. The van der Waals surface area contributed by atoms with Crippen molar-refractivity contribution >= 4 is 17.3 Å². The maximum Gasteiger partial charge on any atom is 0.311 e. The van der Waals surface area contributed by atoms with E-state index in [1.807, 2.05) is 0 Å². The summed E-state index contributed by atoms with van der Waals surface area (Å²) in [6.45, 7) is 0. The predicted molar refractivity (Wildman–Crippen MR) is 69.6 cm³/mol. The molecule has 2 rings (SSSR count). The molecule has 100 valence electrons. The van der Waals surface area contributed by atoms with E-state index >= 15 is 0 Å². The fourth-order valence-electron chi connectivity index (χ4n) is 1.71. The van der Waals surface area contributed by atoms with Crippen LogP contribution in [0.2, 0.25) is 0 Å². The number of aryl methyl sites for hydroxylation is 1. The van der Waals surface area contributed by atoms with Gasteiger partial charge in [0.2, 0.25) is 5.75 Å². The molecule has 0 aliphatic rings. The van der Waals surface area contributed by atoms with Gasteiger partial charge >= 0.3 is 5.69 Å². The number of aromatic nitrogens is 1. The number of benzene rings is 1. The van der Waals surface area contributed by atoms with Crippen molar-refractivity contribution in [1.29, 1.82) is 0 Å². The van der Waals surface area contributed by atoms with Crippen molar-refractivity contribution in [3.05, 3.63) is 40.4 Å². The predicted octanol–water partition coefficient (Wildman–Crippen LogP) is 3.04. The number of nitro benzene ring substituents is 1. The van der Waals surface area contributed by atoms with E-state index in [-0.39, 0.29) is 11.4 Å². The van der Waals surface area contributed by atoms with Gasteiger partial charge in [-0.15, -0.1) is 11.6 Å². The highest BCUT2D eigenvalue weighted by Crippen LogP contribution is 2.37. The van der Waals surface area contributed by atoms with E-state index in [9.17, 15) is 10.1 Å². The van der Waals surface area contributed by atoms with Crippen LogP contribution in [0.3, 0.4) is 0 Å². The number of nitro groups is 1. The number of para-hydroxylation sites is 1. The zero-order valence-corrected chi connectivity index (χ0v) is 10.9. The van der Waals surface area contributed by atoms with Crippen LogP contribution >= 0.6 is 11.6 Å². The van der Waals surface area contributed by atoms with Crippen molar-refractivity contribution in [3.63, 3.8) is 0 Å². The molecule has 0 atom stereocenters. The van der Waals surface area contributed by atoms with Gasteiger partial charge in [-0.1, -0.05) is 6.07 Å². The number of hydrogen-bond donors (Lipinski definition) is 0. The first-order chi connectivity index (χ1) is 9.17. The Bertz CT molecular complexity index is 597. The van der Waals surface area contributed by atoms with Gasteiger partial charge in [0.1, 0.15) is 0 Å². The second-order valence-corrected chi connectivity index (χ2v) is 4.05. The number of oxazole rings is 1. The van der Waals surface area contributed by atoms with Gasteiger partial charge in [-0.2, -0.15) is 0 Å². The number of methoxy groups -OCH3 is 1. The molecule has 0 aliphatic carbocycles. The lowest BCUT2D eigenvalue weighted by Gasteiger charge is -2.05. The zero-order chi connectivity index (χ0) is 13.8. The Labute approximate surface area is 114 Å². The van der Waals surface area contributed by atoms with Crippen molar-refractivity contribution in [3.8, 4) is 17.1 Å². The van der Waals surface area contributed by atoms with Crippen molar-refractivity contribution < 1.29 is 14.1 Å². The quantitative estimate of drug-likeness (QED) is 0.478. The normalized spacial score (nSPS) is 10.4. The average molecular weight is 283 g/mol. The fourth-order valence-corrected chi connectivity index (χ4v) is 1.87. The van der Waals surface area contributed by atoms with Crippen molar-refractivity contribution in [2.45, 2.75) is 6.42 Å². The summed E-state index contributed by atoms with van der Waals surface area (Å²) < 4.78 is 10.6. The van der Waals surface area contributed by atoms with E-state index in [0.29, 0.717) is 29.5 Å². The van der Waals surface area contributed by atoms with Crippen molar-refractivity contribution in [2.75, 3.05) is 13.0 Å². The first-order valence-corrected chi connectivity index (χ1v) is 6.03. The standard InChI is InChI=1S/C12H11ClN2O4/c1-18-12-8(3-2-4-9(12)15(16)17)10-7-14-11(19-10)5-6-13/h2-4,7H,5-6H2,1H3. The summed E-state index contributed by atoms with van der Waals surface area (Å²) in [5, 5.41) is 10.9. The Morgan fingerprint density at radius 3 is 2.95 bits per heavy atom. The molecule has 0 spiro atoms. The summed E-state index contributed by atoms with van der Waals surface area (Å²) in [5.41, 5.74) is 0.375. The molecule has 19 heavy (non-hydrogen) atoms. The highest BCUT2D eigenvalue weighted by molar-refractivity contribution is 6.17. The van der Waals surface area contributed by atoms with Crippen LogP contribution in [0.5, 0.6) is 5.75 Å². The second kappa shape index (κ2) is 5.71. The number of alkyl halides is 1. The first-order valence-electron chi connectivity index (χ1n) is 5.49. The molecule has 6 nitrogen and oxygen atoms in total. The maximum atomic E-state index is 10.9. The van der Waals surface area contributed by atoms with Gasteiger partial charge in [-0.3, -0.25) is 10.1 Å². The molecule has 0 saturated heterocycles. The summed E-state index contributed by atoms with van der Waals surface area (Å²) in [7, 11) is 1.38. The SMILES string of the molecule is COc1c(-c2cnc(CCCl)o2)cccc1[N+](=O)[O-]. The number of ether oxygens (including phenoxy) is 1. The van der Waals surface area contributed by atoms with Gasteiger partial charge in [-0.05, 0) is 6.07 Å². The number of rotatable bonds is 5. The lowest BCUT2D eigenvalue weighted by atomic mass is 10.1. The van der Waals surface area contributed by atoms with Crippen LogP contribution in [0, 0.1) is 10.1 Å². The lowest BCUT2D eigenvalue weighted by Crippen LogP contribution is -1.95. The summed E-state index contributed by atoms with van der Waals surface area (Å²) in [4.78, 5) is 14.5. The molecule has 0 saturated carbocycles. The number of halogens is 1. The van der Waals surface area contributed by atoms with E-state index in [4.69, 9.17) is 20.8 Å². The van der Waals surface area contributed by atoms with Gasteiger partial charge in [0.15, 0.2) is 11.7 Å². The first kappa shape index (κ1) is 13.4. The minimum Gasteiger partial charge on any atom is -0.490 e. The Kier molecular flexibility index (Phi) is 4.01. The summed E-state index contributed by atoms with van der Waals surface area (Å²) in [5.74, 6) is 1.45. The molecule has 0 bridgehead atoms. The largest absolute Gasteiger partial charge is 0.490 e. The summed E-state index contributed by atoms with van der Waals surface area (Å²) in [6, 6.07) is 4.62. The minimum absolute atomic E-state index is 0.115. The molecule has 0 unspecified atom stereocenters. The molecule has 1 heterocycles. The van der Waals surface area contributed by atoms with E-state index in [1.165, 1.54) is 19.4 Å². The molecular weight excluding hydrogens is 272 g/mol. The smallest absolute Gasteiger partial charge is 0.311 e. The van der Waals surface area contributed by atoms with E-state index < -0.39 is 4.92 Å². The van der Waals surface area contributed by atoms with Crippen LogP contribution in [0.25, 0.3) is 11.3 Å². The molecule has 2 aromatic rings. The third-order valence-corrected chi connectivity index (χ3v) is 2.71. The third kappa shape index (κ3) is 2.68. The minimum atomic E-state index is -0.502. The Morgan fingerprint density at radius 1 is 1.53 bits per heavy atom. The van der Waals surface area contributed by atoms with Crippen LogP contribution < -0.4 is 4.74 Å². The highest BCUT2D eigenvalue weighted by Gasteiger charge is 2.21. The van der Waals surface area contributed by atoms with Crippen LogP contribution in [-0.2, 0) is 6.42 Å². The molecule has 1 aromatic heterocycles. The van der Waals surface area contributed by atoms with Crippen LogP contribution in [0.1, 0.15) is 5.89 Å². The molecule has 0 aliphatic heterocycles. The van der Waals surface area contributed by atoms with Gasteiger partial charge in [-0.25, -0.2) is 4.98 Å². The summed E-state index contributed by atoms with van der Waals surface area (Å²) in [6.07, 6.45) is 2.00. The lowest BCUT2D eigenvalue weighted by molar-refractivity contribution is -0.385. The topological polar surface area (TPSA) is 78.4 Å². The molecule has 0 radical (unpaired) electrons. The molecular formula is C12H11ClN2O4. The fraction of sp³-hybridized carbons (Fsp3) is 0.250. The number of hydrogen-bond acceptors (Lipinski definition) is 5. The average Bonchev–Trinajstić information content (AvgIpc) is 2.86. The van der Waals surface area contributed by atoms with Crippen LogP contribution in [-0.4, -0.2) is 22.9 Å². The maximum absolute atomic E-state index is 10.9.